The first-order valence-electron chi connectivity index (χ1n) is 7.11. The Kier molecular flexibility index (Phi) is 5.03. The summed E-state index contributed by atoms with van der Waals surface area (Å²) in [5, 5.41) is 6.56. The van der Waals surface area contributed by atoms with Gasteiger partial charge in [-0.05, 0) is 36.4 Å². The summed E-state index contributed by atoms with van der Waals surface area (Å²) in [5.41, 5.74) is 0.815. The minimum Gasteiger partial charge on any atom is -0.467 e. The van der Waals surface area contributed by atoms with Crippen molar-refractivity contribution in [1.82, 2.24) is 4.98 Å². The summed E-state index contributed by atoms with van der Waals surface area (Å²) in [5.74, 6) is 1.01. The zero-order chi connectivity index (χ0) is 16.9. The van der Waals surface area contributed by atoms with Crippen molar-refractivity contribution in [1.29, 1.82) is 0 Å². The standard InChI is InChI=1S/C17H13Cl2N3O2/c18-13-4-1-5-14(19)16(13)22-17(23)11-6-7-20-15(9-11)21-10-12-3-2-8-24-12/h1-9H,10H2,(H,20,21)(H,22,23). The summed E-state index contributed by atoms with van der Waals surface area (Å²) < 4.78 is 5.24. The highest BCUT2D eigenvalue weighted by Crippen LogP contribution is 2.30. The van der Waals surface area contributed by atoms with Gasteiger partial charge in [-0.2, -0.15) is 0 Å². The van der Waals surface area contributed by atoms with Gasteiger partial charge in [0, 0.05) is 11.8 Å². The molecule has 2 N–H and O–H groups in total. The number of halogens is 2. The normalized spacial score (nSPS) is 10.4. The van der Waals surface area contributed by atoms with Crippen molar-refractivity contribution in [2.45, 2.75) is 6.54 Å². The number of hydrogen-bond donors (Lipinski definition) is 2. The Morgan fingerprint density at radius 2 is 1.92 bits per heavy atom. The number of pyridine rings is 1. The second-order valence-corrected chi connectivity index (χ2v) is 5.73. The largest absolute Gasteiger partial charge is 0.467 e. The molecule has 0 unspecified atom stereocenters. The number of anilines is 2. The lowest BCUT2D eigenvalue weighted by Gasteiger charge is -2.10. The number of nitrogens with one attached hydrogen (secondary N) is 2. The van der Waals surface area contributed by atoms with Crippen LogP contribution in [0.1, 0.15) is 16.1 Å². The van der Waals surface area contributed by atoms with E-state index in [1.165, 1.54) is 0 Å². The highest BCUT2D eigenvalue weighted by atomic mass is 35.5. The number of aromatic nitrogens is 1. The van der Waals surface area contributed by atoms with Gasteiger partial charge in [0.1, 0.15) is 11.6 Å². The molecule has 5 nitrogen and oxygen atoms in total. The number of rotatable bonds is 5. The van der Waals surface area contributed by atoms with Gasteiger partial charge in [-0.15, -0.1) is 0 Å². The lowest BCUT2D eigenvalue weighted by molar-refractivity contribution is 0.102. The fourth-order valence-corrected chi connectivity index (χ4v) is 2.55. The minimum absolute atomic E-state index is 0.326. The smallest absolute Gasteiger partial charge is 0.255 e. The molecular formula is C17H13Cl2N3O2. The van der Waals surface area contributed by atoms with Crippen LogP contribution in [0.4, 0.5) is 11.5 Å². The van der Waals surface area contributed by atoms with E-state index in [1.54, 1.807) is 42.8 Å². The van der Waals surface area contributed by atoms with Crippen molar-refractivity contribution in [3.63, 3.8) is 0 Å². The molecule has 7 heteroatoms. The Bertz CT molecular complexity index is 831. The average Bonchev–Trinajstić information content (AvgIpc) is 3.10. The van der Waals surface area contributed by atoms with Crippen LogP contribution in [0.3, 0.4) is 0 Å². The SMILES string of the molecule is O=C(Nc1c(Cl)cccc1Cl)c1ccnc(NCc2ccco2)c1. The number of nitrogens with zero attached hydrogens (tertiary/aromatic N) is 1. The van der Waals surface area contributed by atoms with E-state index in [2.05, 4.69) is 15.6 Å². The quantitative estimate of drug-likeness (QED) is 0.681. The molecule has 0 aliphatic rings. The van der Waals surface area contributed by atoms with E-state index in [9.17, 15) is 4.79 Å². The summed E-state index contributed by atoms with van der Waals surface area (Å²) in [7, 11) is 0. The maximum absolute atomic E-state index is 12.4. The van der Waals surface area contributed by atoms with Gasteiger partial charge < -0.3 is 15.1 Å². The van der Waals surface area contributed by atoms with Gasteiger partial charge >= 0.3 is 0 Å². The third-order valence-electron chi connectivity index (χ3n) is 3.25. The maximum atomic E-state index is 12.4. The van der Waals surface area contributed by atoms with Crippen molar-refractivity contribution in [3.8, 4) is 0 Å². The third-order valence-corrected chi connectivity index (χ3v) is 3.88. The van der Waals surface area contributed by atoms with Crippen LogP contribution in [0.15, 0.2) is 59.3 Å². The molecule has 0 saturated carbocycles. The first kappa shape index (κ1) is 16.4. The van der Waals surface area contributed by atoms with E-state index in [0.29, 0.717) is 33.7 Å². The number of carbonyl (C=O) groups excluding carboxylic acids is 1. The molecule has 3 rings (SSSR count). The van der Waals surface area contributed by atoms with Crippen molar-refractivity contribution in [2.24, 2.45) is 0 Å². The average molecular weight is 362 g/mol. The van der Waals surface area contributed by atoms with Crippen LogP contribution in [0.5, 0.6) is 0 Å². The van der Waals surface area contributed by atoms with E-state index in [4.69, 9.17) is 27.6 Å². The van der Waals surface area contributed by atoms with Gasteiger partial charge in [0.2, 0.25) is 0 Å². The lowest BCUT2D eigenvalue weighted by Crippen LogP contribution is -2.13. The Hall–Kier alpha value is -2.50. The van der Waals surface area contributed by atoms with Crippen LogP contribution in [-0.4, -0.2) is 10.9 Å². The van der Waals surface area contributed by atoms with Gasteiger partial charge in [0.15, 0.2) is 0 Å². The molecule has 122 valence electrons. The van der Waals surface area contributed by atoms with Crippen molar-refractivity contribution in [2.75, 3.05) is 10.6 Å². The number of furan rings is 1. The molecule has 0 spiro atoms. The second-order valence-electron chi connectivity index (χ2n) is 4.91. The molecule has 2 heterocycles. The van der Waals surface area contributed by atoms with Crippen molar-refractivity contribution in [3.05, 3.63) is 76.3 Å². The molecule has 2 aromatic heterocycles. The van der Waals surface area contributed by atoms with E-state index in [-0.39, 0.29) is 5.91 Å². The Balaban J connectivity index is 1.72. The summed E-state index contributed by atoms with van der Waals surface area (Å²) in [6.07, 6.45) is 3.15. The number of amides is 1. The van der Waals surface area contributed by atoms with E-state index in [1.807, 2.05) is 12.1 Å². The maximum Gasteiger partial charge on any atom is 0.255 e. The Morgan fingerprint density at radius 1 is 1.12 bits per heavy atom. The lowest BCUT2D eigenvalue weighted by atomic mass is 10.2. The van der Waals surface area contributed by atoms with Gasteiger partial charge in [-0.25, -0.2) is 4.98 Å². The predicted molar refractivity (Wildman–Crippen MR) is 94.7 cm³/mol. The molecular weight excluding hydrogens is 349 g/mol. The summed E-state index contributed by atoms with van der Waals surface area (Å²) in [6.45, 7) is 0.474. The fraction of sp³-hybridized carbons (Fsp3) is 0.0588. The monoisotopic (exact) mass is 361 g/mol. The van der Waals surface area contributed by atoms with Crippen LogP contribution in [-0.2, 0) is 6.54 Å². The fourth-order valence-electron chi connectivity index (χ4n) is 2.06. The second kappa shape index (κ2) is 7.38. The molecule has 0 saturated heterocycles. The molecule has 1 amide bonds. The van der Waals surface area contributed by atoms with Gasteiger partial charge in [-0.1, -0.05) is 29.3 Å². The summed E-state index contributed by atoms with van der Waals surface area (Å²) >= 11 is 12.1. The van der Waals surface area contributed by atoms with Crippen LogP contribution < -0.4 is 10.6 Å². The van der Waals surface area contributed by atoms with Crippen LogP contribution in [0.25, 0.3) is 0 Å². The molecule has 3 aromatic rings. The molecule has 1 aromatic carbocycles. The Morgan fingerprint density at radius 3 is 2.62 bits per heavy atom. The predicted octanol–water partition coefficient (Wildman–Crippen LogP) is 4.85. The van der Waals surface area contributed by atoms with Crippen LogP contribution in [0.2, 0.25) is 10.0 Å². The molecule has 0 radical (unpaired) electrons. The molecule has 0 fully saturated rings. The summed E-state index contributed by atoms with van der Waals surface area (Å²) in [4.78, 5) is 16.6. The van der Waals surface area contributed by atoms with Gasteiger partial charge in [0.25, 0.3) is 5.91 Å². The third kappa shape index (κ3) is 3.88. The molecule has 0 aliphatic carbocycles. The first-order chi connectivity index (χ1) is 11.6. The highest BCUT2D eigenvalue weighted by Gasteiger charge is 2.12. The molecule has 0 aliphatic heterocycles. The first-order valence-corrected chi connectivity index (χ1v) is 7.87. The zero-order valence-corrected chi connectivity index (χ0v) is 13.9. The Labute approximate surface area is 148 Å². The van der Waals surface area contributed by atoms with Crippen LogP contribution in [0, 0.1) is 0 Å². The van der Waals surface area contributed by atoms with E-state index < -0.39 is 0 Å². The number of hydrogen-bond acceptors (Lipinski definition) is 4. The number of para-hydroxylation sites is 1. The summed E-state index contributed by atoms with van der Waals surface area (Å²) in [6, 6.07) is 11.9. The number of carbonyl (C=O) groups is 1. The highest BCUT2D eigenvalue weighted by molar-refractivity contribution is 6.40. The van der Waals surface area contributed by atoms with E-state index in [0.717, 1.165) is 5.76 Å². The van der Waals surface area contributed by atoms with Crippen molar-refractivity contribution >= 4 is 40.6 Å². The molecule has 0 atom stereocenters. The zero-order valence-electron chi connectivity index (χ0n) is 12.4. The van der Waals surface area contributed by atoms with Crippen molar-refractivity contribution < 1.29 is 9.21 Å². The topological polar surface area (TPSA) is 67.2 Å². The van der Waals surface area contributed by atoms with Gasteiger partial charge in [0.05, 0.1) is 28.5 Å². The molecule has 24 heavy (non-hydrogen) atoms. The minimum atomic E-state index is -0.326. The van der Waals surface area contributed by atoms with Gasteiger partial charge in [-0.3, -0.25) is 4.79 Å². The molecule has 0 bridgehead atoms. The van der Waals surface area contributed by atoms with Crippen LogP contribution >= 0.6 is 23.2 Å². The van der Waals surface area contributed by atoms with E-state index >= 15 is 0 Å². The number of benzene rings is 1.